The average molecular weight is 325 g/mol. The van der Waals surface area contributed by atoms with Gasteiger partial charge in [-0.25, -0.2) is 15.0 Å². The van der Waals surface area contributed by atoms with Crippen molar-refractivity contribution in [2.45, 2.75) is 5.88 Å². The Hall–Kier alpha value is -2.79. The predicted molar refractivity (Wildman–Crippen MR) is 91.5 cm³/mol. The van der Waals surface area contributed by atoms with Crippen molar-refractivity contribution in [1.29, 1.82) is 0 Å². The zero-order chi connectivity index (χ0) is 16.1. The monoisotopic (exact) mass is 324 g/mol. The van der Waals surface area contributed by atoms with Crippen molar-refractivity contribution in [1.82, 2.24) is 19.9 Å². The second kappa shape index (κ2) is 6.98. The Morgan fingerprint density at radius 1 is 0.957 bits per heavy atom. The van der Waals surface area contributed by atoms with Gasteiger partial charge in [-0.1, -0.05) is 30.3 Å². The Morgan fingerprint density at radius 2 is 1.70 bits per heavy atom. The van der Waals surface area contributed by atoms with Crippen LogP contribution in [0.15, 0.2) is 65.8 Å². The molecule has 2 aromatic heterocycles. The molecular weight excluding hydrogens is 312 g/mol. The van der Waals surface area contributed by atoms with Gasteiger partial charge in [-0.3, -0.25) is 4.79 Å². The van der Waals surface area contributed by atoms with E-state index in [1.807, 2.05) is 42.5 Å². The summed E-state index contributed by atoms with van der Waals surface area (Å²) in [5.74, 6) is 1.04. The zero-order valence-electron chi connectivity index (χ0n) is 12.1. The number of alkyl halides is 1. The maximum atomic E-state index is 11.1. The van der Waals surface area contributed by atoms with Crippen LogP contribution in [-0.4, -0.2) is 19.9 Å². The van der Waals surface area contributed by atoms with E-state index in [0.29, 0.717) is 17.1 Å². The highest BCUT2D eigenvalue weighted by atomic mass is 35.5. The Balaban J connectivity index is 0.000000136. The third kappa shape index (κ3) is 3.52. The molecule has 2 aromatic carbocycles. The molecule has 0 unspecified atom stereocenters. The molecular formula is C17H13ClN4O. The molecule has 1 N–H and O–H groups in total. The van der Waals surface area contributed by atoms with Gasteiger partial charge in [-0.05, 0) is 18.2 Å². The Bertz CT molecular complexity index is 995. The molecule has 23 heavy (non-hydrogen) atoms. The molecule has 0 saturated carbocycles. The highest BCUT2D eigenvalue weighted by Crippen LogP contribution is 2.09. The van der Waals surface area contributed by atoms with Crippen molar-refractivity contribution >= 4 is 33.4 Å². The summed E-state index contributed by atoms with van der Waals surface area (Å²) in [5.41, 5.74) is 1.59. The normalized spacial score (nSPS) is 10.3. The van der Waals surface area contributed by atoms with Crippen LogP contribution in [0.4, 0.5) is 0 Å². The standard InChI is InChI=1S/C9H7ClN2.C8H6N2O/c10-5-9-11-6-7-3-1-2-4-8(7)12-9;11-8-6-3-1-2-4-7(6)9-5-10-8/h1-4,6H,5H2;1-5H,(H,9,10,11). The number of halogens is 1. The lowest BCUT2D eigenvalue weighted by Gasteiger charge is -1.96. The molecule has 0 radical (unpaired) electrons. The molecule has 114 valence electrons. The fourth-order valence-electron chi connectivity index (χ4n) is 2.09. The number of rotatable bonds is 1. The minimum absolute atomic E-state index is 0.0874. The van der Waals surface area contributed by atoms with Gasteiger partial charge in [-0.2, -0.15) is 0 Å². The van der Waals surface area contributed by atoms with Crippen LogP contribution in [0.25, 0.3) is 21.8 Å². The molecule has 4 rings (SSSR count). The summed E-state index contributed by atoms with van der Waals surface area (Å²) >= 11 is 5.60. The van der Waals surface area contributed by atoms with E-state index in [1.54, 1.807) is 12.3 Å². The summed E-state index contributed by atoms with van der Waals surface area (Å²) in [4.78, 5) is 25.9. The summed E-state index contributed by atoms with van der Waals surface area (Å²) in [7, 11) is 0. The van der Waals surface area contributed by atoms with Crippen LogP contribution in [0.5, 0.6) is 0 Å². The van der Waals surface area contributed by atoms with Crippen molar-refractivity contribution < 1.29 is 0 Å². The minimum atomic E-state index is -0.0874. The lowest BCUT2D eigenvalue weighted by Crippen LogP contribution is -2.05. The average Bonchev–Trinajstić information content (AvgIpc) is 2.62. The lowest BCUT2D eigenvalue weighted by atomic mass is 10.2. The van der Waals surface area contributed by atoms with Gasteiger partial charge in [0.2, 0.25) is 0 Å². The van der Waals surface area contributed by atoms with Crippen molar-refractivity contribution in [3.05, 3.63) is 77.2 Å². The molecule has 0 bridgehead atoms. The smallest absolute Gasteiger partial charge is 0.258 e. The van der Waals surface area contributed by atoms with Gasteiger partial charge in [0.1, 0.15) is 5.82 Å². The Morgan fingerprint density at radius 3 is 2.48 bits per heavy atom. The van der Waals surface area contributed by atoms with Crippen molar-refractivity contribution in [3.63, 3.8) is 0 Å². The van der Waals surface area contributed by atoms with Gasteiger partial charge in [-0.15, -0.1) is 11.6 Å². The fraction of sp³-hybridized carbons (Fsp3) is 0.0588. The number of benzene rings is 2. The van der Waals surface area contributed by atoms with Crippen LogP contribution in [0, 0.1) is 0 Å². The van der Waals surface area contributed by atoms with Crippen LogP contribution >= 0.6 is 11.6 Å². The van der Waals surface area contributed by atoms with Crippen LogP contribution in [0.2, 0.25) is 0 Å². The lowest BCUT2D eigenvalue weighted by molar-refractivity contribution is 1.06. The van der Waals surface area contributed by atoms with Crippen molar-refractivity contribution in [3.8, 4) is 0 Å². The van der Waals surface area contributed by atoms with Gasteiger partial charge < -0.3 is 4.98 Å². The van der Waals surface area contributed by atoms with Crippen molar-refractivity contribution in [2.75, 3.05) is 0 Å². The first kappa shape index (κ1) is 15.1. The number of para-hydroxylation sites is 2. The molecule has 2 heterocycles. The van der Waals surface area contributed by atoms with Crippen LogP contribution in [-0.2, 0) is 5.88 Å². The zero-order valence-corrected chi connectivity index (χ0v) is 12.9. The summed E-state index contributed by atoms with van der Waals surface area (Å²) in [5, 5.41) is 1.68. The number of hydrogen-bond donors (Lipinski definition) is 1. The fourth-order valence-corrected chi connectivity index (χ4v) is 2.22. The Kier molecular flexibility index (Phi) is 4.59. The van der Waals surface area contributed by atoms with E-state index in [4.69, 9.17) is 11.6 Å². The quantitative estimate of drug-likeness (QED) is 0.545. The molecule has 6 heteroatoms. The molecule has 5 nitrogen and oxygen atoms in total. The topological polar surface area (TPSA) is 71.5 Å². The number of fused-ring (bicyclic) bond motifs is 2. The van der Waals surface area contributed by atoms with E-state index >= 15 is 0 Å². The molecule has 0 spiro atoms. The highest BCUT2D eigenvalue weighted by molar-refractivity contribution is 6.16. The first-order chi connectivity index (χ1) is 11.3. The molecule has 0 fully saturated rings. The van der Waals surface area contributed by atoms with Gasteiger partial charge >= 0.3 is 0 Å². The second-order valence-electron chi connectivity index (χ2n) is 4.73. The summed E-state index contributed by atoms with van der Waals surface area (Å²) in [6, 6.07) is 15.1. The van der Waals surface area contributed by atoms with Crippen LogP contribution < -0.4 is 5.56 Å². The predicted octanol–water partition coefficient (Wildman–Crippen LogP) is 3.29. The third-order valence-corrected chi connectivity index (χ3v) is 3.45. The highest BCUT2D eigenvalue weighted by Gasteiger charge is 1.96. The molecule has 0 aliphatic carbocycles. The molecule has 0 aliphatic heterocycles. The SMILES string of the molecule is ClCc1ncc2ccccc2n1.O=c1[nH]cnc2ccccc12. The first-order valence-electron chi connectivity index (χ1n) is 6.97. The number of nitrogens with one attached hydrogen (secondary N) is 1. The van der Waals surface area contributed by atoms with Gasteiger partial charge in [0.05, 0.1) is 28.6 Å². The molecule has 0 atom stereocenters. The number of nitrogens with zero attached hydrogens (tertiary/aromatic N) is 3. The number of aromatic nitrogens is 4. The summed E-state index contributed by atoms with van der Waals surface area (Å²) < 4.78 is 0. The van der Waals surface area contributed by atoms with E-state index < -0.39 is 0 Å². The minimum Gasteiger partial charge on any atom is -0.313 e. The first-order valence-corrected chi connectivity index (χ1v) is 7.50. The largest absolute Gasteiger partial charge is 0.313 e. The van der Waals surface area contributed by atoms with Gasteiger partial charge in [0.25, 0.3) is 5.56 Å². The van der Waals surface area contributed by atoms with Crippen molar-refractivity contribution in [2.24, 2.45) is 0 Å². The number of H-pyrrole nitrogens is 1. The summed E-state index contributed by atoms with van der Waals surface area (Å²) in [6.07, 6.45) is 3.20. The molecule has 4 aromatic rings. The Labute approximate surface area is 137 Å². The number of aromatic amines is 1. The maximum Gasteiger partial charge on any atom is 0.258 e. The van der Waals surface area contributed by atoms with Crippen LogP contribution in [0.3, 0.4) is 0 Å². The number of hydrogen-bond acceptors (Lipinski definition) is 4. The second-order valence-corrected chi connectivity index (χ2v) is 4.99. The van der Waals surface area contributed by atoms with Crippen LogP contribution in [0.1, 0.15) is 5.82 Å². The molecule has 0 amide bonds. The van der Waals surface area contributed by atoms with E-state index in [0.717, 1.165) is 16.4 Å². The van der Waals surface area contributed by atoms with E-state index in [9.17, 15) is 4.79 Å². The molecule has 0 saturated heterocycles. The van der Waals surface area contributed by atoms with E-state index in [1.165, 1.54) is 6.33 Å². The molecule has 0 aliphatic rings. The van der Waals surface area contributed by atoms with Gasteiger partial charge in [0.15, 0.2) is 0 Å². The summed E-state index contributed by atoms with van der Waals surface area (Å²) in [6.45, 7) is 0. The van der Waals surface area contributed by atoms with Gasteiger partial charge in [0, 0.05) is 11.6 Å². The van der Waals surface area contributed by atoms with E-state index in [2.05, 4.69) is 19.9 Å². The third-order valence-electron chi connectivity index (χ3n) is 3.21. The van der Waals surface area contributed by atoms with E-state index in [-0.39, 0.29) is 5.56 Å². The maximum absolute atomic E-state index is 11.1.